The fourth-order valence-electron chi connectivity index (χ4n) is 3.50. The Morgan fingerprint density at radius 3 is 2.45 bits per heavy atom. The van der Waals surface area contributed by atoms with Crippen LogP contribution in [0, 0.1) is 0 Å². The van der Waals surface area contributed by atoms with Crippen LogP contribution in [-0.2, 0) is 11.0 Å². The first-order valence-corrected chi connectivity index (χ1v) is 8.70. The van der Waals surface area contributed by atoms with Crippen molar-refractivity contribution in [1.82, 2.24) is 9.97 Å². The van der Waals surface area contributed by atoms with E-state index < -0.39 is 23.6 Å². The Bertz CT molecular complexity index is 1210. The zero-order chi connectivity index (χ0) is 20.8. The van der Waals surface area contributed by atoms with Gasteiger partial charge in [-0.2, -0.15) is 13.2 Å². The fourth-order valence-corrected chi connectivity index (χ4v) is 3.50. The van der Waals surface area contributed by atoms with Crippen molar-refractivity contribution >= 4 is 27.7 Å². The Balaban J connectivity index is 1.89. The standard InChI is InChI=1S/C21H16F3N3O2/c1-29-13-6-7-14-15-8-9-26-19(18(15)27-16(14)10-13)17(20(25)28)11-2-4-12(5-3-11)21(22,23)24/h2-10,17,27H,1H3,(H2,25,28). The minimum Gasteiger partial charge on any atom is -0.497 e. The highest BCUT2D eigenvalue weighted by molar-refractivity contribution is 6.09. The topological polar surface area (TPSA) is 81.0 Å². The number of fused-ring (bicyclic) bond motifs is 3. The lowest BCUT2D eigenvalue weighted by Crippen LogP contribution is -2.23. The number of nitrogens with one attached hydrogen (secondary N) is 1. The number of hydrogen-bond donors (Lipinski definition) is 2. The maximum absolute atomic E-state index is 12.9. The van der Waals surface area contributed by atoms with Crippen LogP contribution in [0.2, 0.25) is 0 Å². The summed E-state index contributed by atoms with van der Waals surface area (Å²) in [6.07, 6.45) is -2.91. The summed E-state index contributed by atoms with van der Waals surface area (Å²) in [5, 5.41) is 1.73. The molecule has 2 aromatic heterocycles. The Labute approximate surface area is 163 Å². The lowest BCUT2D eigenvalue weighted by Gasteiger charge is -2.15. The SMILES string of the molecule is COc1ccc2c(c1)[nH]c1c(C(C(N)=O)c3ccc(C(F)(F)F)cc3)nccc12. The van der Waals surface area contributed by atoms with Gasteiger partial charge in [-0.25, -0.2) is 0 Å². The first kappa shape index (κ1) is 18.8. The number of halogens is 3. The number of benzene rings is 2. The lowest BCUT2D eigenvalue weighted by atomic mass is 9.92. The van der Waals surface area contributed by atoms with Gasteiger partial charge in [-0.15, -0.1) is 0 Å². The van der Waals surface area contributed by atoms with Crippen molar-refractivity contribution in [2.75, 3.05) is 7.11 Å². The van der Waals surface area contributed by atoms with Crippen molar-refractivity contribution in [3.63, 3.8) is 0 Å². The van der Waals surface area contributed by atoms with Crippen molar-refractivity contribution < 1.29 is 22.7 Å². The number of methoxy groups -OCH3 is 1. The number of amides is 1. The van der Waals surface area contributed by atoms with Gasteiger partial charge < -0.3 is 15.5 Å². The molecule has 148 valence electrons. The van der Waals surface area contributed by atoms with E-state index in [-0.39, 0.29) is 0 Å². The van der Waals surface area contributed by atoms with Crippen LogP contribution < -0.4 is 10.5 Å². The molecule has 0 fully saturated rings. The number of hydrogen-bond acceptors (Lipinski definition) is 3. The molecule has 2 heterocycles. The fraction of sp³-hybridized carbons (Fsp3) is 0.143. The van der Waals surface area contributed by atoms with Crippen LogP contribution in [-0.4, -0.2) is 23.0 Å². The molecule has 0 aliphatic carbocycles. The van der Waals surface area contributed by atoms with Gasteiger partial charge in [0.25, 0.3) is 0 Å². The van der Waals surface area contributed by atoms with E-state index in [4.69, 9.17) is 10.5 Å². The molecular weight excluding hydrogens is 383 g/mol. The Morgan fingerprint density at radius 2 is 1.83 bits per heavy atom. The number of carbonyl (C=O) groups is 1. The monoisotopic (exact) mass is 399 g/mol. The molecule has 2 aromatic carbocycles. The largest absolute Gasteiger partial charge is 0.497 e. The number of H-pyrrole nitrogens is 1. The summed E-state index contributed by atoms with van der Waals surface area (Å²) in [5.41, 5.74) is 6.89. The van der Waals surface area contributed by atoms with Gasteiger partial charge in [-0.05, 0) is 35.9 Å². The highest BCUT2D eigenvalue weighted by Gasteiger charge is 2.31. The van der Waals surface area contributed by atoms with Crippen LogP contribution in [0.1, 0.15) is 22.7 Å². The number of aromatic amines is 1. The second-order valence-corrected chi connectivity index (χ2v) is 6.61. The molecule has 0 saturated heterocycles. The van der Waals surface area contributed by atoms with Gasteiger partial charge >= 0.3 is 6.18 Å². The molecule has 0 aliphatic rings. The average molecular weight is 399 g/mol. The molecule has 0 aliphatic heterocycles. The Morgan fingerprint density at radius 1 is 1.10 bits per heavy atom. The van der Waals surface area contributed by atoms with Gasteiger partial charge in [-0.1, -0.05) is 12.1 Å². The molecule has 0 saturated carbocycles. The number of aromatic nitrogens is 2. The number of primary amides is 1. The Hall–Kier alpha value is -3.55. The van der Waals surface area contributed by atoms with Gasteiger partial charge in [0.2, 0.25) is 5.91 Å². The van der Waals surface area contributed by atoms with Crippen molar-refractivity contribution in [2.45, 2.75) is 12.1 Å². The van der Waals surface area contributed by atoms with Crippen LogP contribution in [0.4, 0.5) is 13.2 Å². The minimum absolute atomic E-state index is 0.335. The average Bonchev–Trinajstić information content (AvgIpc) is 3.06. The molecule has 3 N–H and O–H groups in total. The number of ether oxygens (including phenoxy) is 1. The predicted molar refractivity (Wildman–Crippen MR) is 103 cm³/mol. The molecule has 0 spiro atoms. The van der Waals surface area contributed by atoms with Crippen LogP contribution in [0.15, 0.2) is 54.7 Å². The molecule has 4 rings (SSSR count). The number of rotatable bonds is 4. The van der Waals surface area contributed by atoms with Crippen molar-refractivity contribution in [3.05, 3.63) is 71.5 Å². The molecule has 1 amide bonds. The van der Waals surface area contributed by atoms with E-state index in [9.17, 15) is 18.0 Å². The van der Waals surface area contributed by atoms with E-state index in [2.05, 4.69) is 9.97 Å². The summed E-state index contributed by atoms with van der Waals surface area (Å²) in [5.74, 6) is -1.05. The van der Waals surface area contributed by atoms with E-state index in [1.807, 2.05) is 18.2 Å². The number of carbonyl (C=O) groups excluding carboxylic acids is 1. The molecule has 29 heavy (non-hydrogen) atoms. The predicted octanol–water partition coefficient (Wildman–Crippen LogP) is 4.36. The maximum Gasteiger partial charge on any atom is 0.416 e. The van der Waals surface area contributed by atoms with Gasteiger partial charge in [-0.3, -0.25) is 9.78 Å². The van der Waals surface area contributed by atoms with Gasteiger partial charge in [0.05, 0.1) is 29.4 Å². The number of alkyl halides is 3. The van der Waals surface area contributed by atoms with Gasteiger partial charge in [0, 0.05) is 23.0 Å². The van der Waals surface area contributed by atoms with Crippen molar-refractivity contribution in [3.8, 4) is 5.75 Å². The summed E-state index contributed by atoms with van der Waals surface area (Å²) in [6.45, 7) is 0. The molecule has 1 unspecified atom stereocenters. The summed E-state index contributed by atoms with van der Waals surface area (Å²) >= 11 is 0. The first-order valence-electron chi connectivity index (χ1n) is 8.70. The summed E-state index contributed by atoms with van der Waals surface area (Å²) in [7, 11) is 1.56. The second kappa shape index (κ2) is 6.80. The van der Waals surface area contributed by atoms with Crippen LogP contribution >= 0.6 is 0 Å². The summed E-state index contributed by atoms with van der Waals surface area (Å²) in [6, 6.07) is 11.7. The van der Waals surface area contributed by atoms with E-state index in [1.54, 1.807) is 19.4 Å². The molecule has 1 atom stereocenters. The van der Waals surface area contributed by atoms with Crippen molar-refractivity contribution in [1.29, 1.82) is 0 Å². The normalized spacial score (nSPS) is 13.0. The van der Waals surface area contributed by atoms with E-state index >= 15 is 0 Å². The van der Waals surface area contributed by atoms with E-state index in [0.29, 0.717) is 22.5 Å². The molecular formula is C21H16F3N3O2. The Kier molecular flexibility index (Phi) is 4.41. The number of nitrogens with zero attached hydrogens (tertiary/aromatic N) is 1. The zero-order valence-electron chi connectivity index (χ0n) is 15.2. The summed E-state index contributed by atoms with van der Waals surface area (Å²) in [4.78, 5) is 19.8. The molecule has 0 radical (unpaired) electrons. The van der Waals surface area contributed by atoms with Gasteiger partial charge in [0.1, 0.15) is 11.7 Å². The quantitative estimate of drug-likeness (QED) is 0.535. The zero-order valence-corrected chi connectivity index (χ0v) is 15.2. The third-order valence-electron chi connectivity index (χ3n) is 4.89. The van der Waals surface area contributed by atoms with E-state index in [1.165, 1.54) is 12.1 Å². The lowest BCUT2D eigenvalue weighted by molar-refractivity contribution is -0.137. The van der Waals surface area contributed by atoms with Crippen LogP contribution in [0.3, 0.4) is 0 Å². The van der Waals surface area contributed by atoms with Gasteiger partial charge in [0.15, 0.2) is 0 Å². The maximum atomic E-state index is 12.9. The van der Waals surface area contributed by atoms with E-state index in [0.717, 1.165) is 28.4 Å². The second-order valence-electron chi connectivity index (χ2n) is 6.61. The number of nitrogens with two attached hydrogens (primary N) is 1. The smallest absolute Gasteiger partial charge is 0.416 e. The minimum atomic E-state index is -4.46. The first-order chi connectivity index (χ1) is 13.8. The highest BCUT2D eigenvalue weighted by Crippen LogP contribution is 2.35. The number of pyridine rings is 1. The highest BCUT2D eigenvalue weighted by atomic mass is 19.4. The molecule has 0 bridgehead atoms. The summed E-state index contributed by atoms with van der Waals surface area (Å²) < 4.78 is 43.9. The molecule has 4 aromatic rings. The molecule has 8 heteroatoms. The van der Waals surface area contributed by atoms with Crippen LogP contribution in [0.25, 0.3) is 21.8 Å². The van der Waals surface area contributed by atoms with Crippen LogP contribution in [0.5, 0.6) is 5.75 Å². The third-order valence-corrected chi connectivity index (χ3v) is 4.89. The van der Waals surface area contributed by atoms with Crippen molar-refractivity contribution in [2.24, 2.45) is 5.73 Å². The third kappa shape index (κ3) is 3.26. The molecule has 5 nitrogen and oxygen atoms in total.